The van der Waals surface area contributed by atoms with Gasteiger partial charge in [0.25, 0.3) is 0 Å². The molecule has 1 aliphatic rings. The van der Waals surface area contributed by atoms with Gasteiger partial charge in [0.05, 0.1) is 19.8 Å². The van der Waals surface area contributed by atoms with Gasteiger partial charge in [-0.25, -0.2) is 9.48 Å². The van der Waals surface area contributed by atoms with E-state index in [-0.39, 0.29) is 5.69 Å². The second kappa shape index (κ2) is 6.76. The molecule has 7 heteroatoms. The van der Waals surface area contributed by atoms with E-state index in [9.17, 15) is 4.79 Å². The molecule has 0 atom stereocenters. The Balaban J connectivity index is 1.66. The minimum Gasteiger partial charge on any atom is -0.379 e. The first-order valence-electron chi connectivity index (χ1n) is 7.31. The van der Waals surface area contributed by atoms with Crippen molar-refractivity contribution in [2.75, 3.05) is 26.3 Å². The van der Waals surface area contributed by atoms with Crippen molar-refractivity contribution >= 4 is 15.9 Å². The van der Waals surface area contributed by atoms with Crippen LogP contribution < -0.4 is 5.69 Å². The van der Waals surface area contributed by atoms with E-state index < -0.39 is 0 Å². The first-order valence-corrected chi connectivity index (χ1v) is 8.10. The van der Waals surface area contributed by atoms with E-state index in [0.29, 0.717) is 11.3 Å². The number of halogens is 1. The normalized spacial score (nSPS) is 16.1. The first kappa shape index (κ1) is 15.5. The van der Waals surface area contributed by atoms with Gasteiger partial charge < -0.3 is 4.74 Å². The maximum atomic E-state index is 11.9. The van der Waals surface area contributed by atoms with Gasteiger partial charge in [0.2, 0.25) is 4.73 Å². The highest BCUT2D eigenvalue weighted by atomic mass is 79.9. The fourth-order valence-corrected chi connectivity index (χ4v) is 2.85. The van der Waals surface area contributed by atoms with Gasteiger partial charge in [-0.15, -0.1) is 5.10 Å². The molecule has 0 saturated carbocycles. The Kier molecular flexibility index (Phi) is 4.75. The molecule has 0 spiro atoms. The van der Waals surface area contributed by atoms with Gasteiger partial charge in [0.15, 0.2) is 0 Å². The average molecular weight is 367 g/mol. The minimum atomic E-state index is -0.121. The predicted octanol–water partition coefficient (Wildman–Crippen LogP) is 1.22. The number of morpholine rings is 1. The summed E-state index contributed by atoms with van der Waals surface area (Å²) in [6, 6.07) is 8.36. The molecule has 0 N–H and O–H groups in total. The van der Waals surface area contributed by atoms with Crippen LogP contribution in [0.3, 0.4) is 0 Å². The van der Waals surface area contributed by atoms with Crippen LogP contribution in [0.4, 0.5) is 0 Å². The van der Waals surface area contributed by atoms with E-state index in [1.165, 1.54) is 14.8 Å². The van der Waals surface area contributed by atoms with Crippen molar-refractivity contribution in [3.63, 3.8) is 0 Å². The van der Waals surface area contributed by atoms with Gasteiger partial charge in [-0.1, -0.05) is 24.3 Å². The van der Waals surface area contributed by atoms with Crippen LogP contribution in [-0.2, 0) is 24.9 Å². The van der Waals surface area contributed by atoms with Gasteiger partial charge in [-0.05, 0) is 27.1 Å². The molecule has 0 aliphatic carbocycles. The van der Waals surface area contributed by atoms with Crippen molar-refractivity contribution in [2.24, 2.45) is 7.05 Å². The summed E-state index contributed by atoms with van der Waals surface area (Å²) in [7, 11) is 1.70. The van der Waals surface area contributed by atoms with Crippen LogP contribution in [0, 0.1) is 0 Å². The summed E-state index contributed by atoms with van der Waals surface area (Å²) in [6.45, 7) is 5.03. The molecule has 1 fully saturated rings. The van der Waals surface area contributed by atoms with E-state index in [1.54, 1.807) is 7.05 Å². The lowest BCUT2D eigenvalue weighted by Crippen LogP contribution is -2.35. The molecular weight excluding hydrogens is 348 g/mol. The highest BCUT2D eigenvalue weighted by molar-refractivity contribution is 9.10. The van der Waals surface area contributed by atoms with Gasteiger partial charge in [-0.2, -0.15) is 0 Å². The molecule has 1 aromatic heterocycles. The van der Waals surface area contributed by atoms with Crippen molar-refractivity contribution < 1.29 is 4.74 Å². The van der Waals surface area contributed by atoms with Crippen LogP contribution in [0.1, 0.15) is 11.1 Å². The molecule has 1 saturated heterocycles. The van der Waals surface area contributed by atoms with Gasteiger partial charge >= 0.3 is 5.69 Å². The quantitative estimate of drug-likeness (QED) is 0.816. The van der Waals surface area contributed by atoms with Crippen molar-refractivity contribution in [1.82, 2.24) is 19.2 Å². The summed E-state index contributed by atoms with van der Waals surface area (Å²) in [5.74, 6) is 0. The fraction of sp³-hybridized carbons (Fsp3) is 0.467. The van der Waals surface area contributed by atoms with Crippen LogP contribution in [0.2, 0.25) is 0 Å². The van der Waals surface area contributed by atoms with Gasteiger partial charge in [0, 0.05) is 26.7 Å². The third-order valence-electron chi connectivity index (χ3n) is 3.85. The number of benzene rings is 1. The van der Waals surface area contributed by atoms with Crippen LogP contribution in [0.5, 0.6) is 0 Å². The molecule has 1 aliphatic heterocycles. The molecule has 2 heterocycles. The van der Waals surface area contributed by atoms with Gasteiger partial charge in [0.1, 0.15) is 0 Å². The number of aromatic nitrogens is 3. The van der Waals surface area contributed by atoms with E-state index >= 15 is 0 Å². The Labute approximate surface area is 137 Å². The maximum absolute atomic E-state index is 11.9. The first-order chi connectivity index (χ1) is 10.6. The van der Waals surface area contributed by atoms with Crippen LogP contribution in [0.15, 0.2) is 33.8 Å². The number of ether oxygens (including phenoxy) is 1. The Morgan fingerprint density at radius 3 is 2.27 bits per heavy atom. The zero-order valence-electron chi connectivity index (χ0n) is 12.5. The summed E-state index contributed by atoms with van der Waals surface area (Å²) in [5, 5.41) is 4.18. The van der Waals surface area contributed by atoms with E-state index in [1.807, 2.05) is 0 Å². The monoisotopic (exact) mass is 366 g/mol. The van der Waals surface area contributed by atoms with E-state index in [2.05, 4.69) is 50.2 Å². The maximum Gasteiger partial charge on any atom is 0.346 e. The lowest BCUT2D eigenvalue weighted by molar-refractivity contribution is 0.0342. The summed E-state index contributed by atoms with van der Waals surface area (Å²) in [4.78, 5) is 14.3. The van der Waals surface area contributed by atoms with E-state index in [4.69, 9.17) is 4.74 Å². The second-order valence-corrected chi connectivity index (χ2v) is 6.18. The molecule has 0 radical (unpaired) electrons. The zero-order chi connectivity index (χ0) is 15.5. The number of hydrogen-bond acceptors (Lipinski definition) is 4. The third kappa shape index (κ3) is 3.48. The Morgan fingerprint density at radius 1 is 1.14 bits per heavy atom. The van der Waals surface area contributed by atoms with Crippen molar-refractivity contribution in [1.29, 1.82) is 0 Å². The standard InChI is InChI=1S/C15H19BrN4O2/c1-18-14(16)17-20(15(18)21)11-13-4-2-12(3-5-13)10-19-6-8-22-9-7-19/h2-5H,6-11H2,1H3. The van der Waals surface area contributed by atoms with Crippen molar-refractivity contribution in [2.45, 2.75) is 13.1 Å². The molecule has 6 nitrogen and oxygen atoms in total. The van der Waals surface area contributed by atoms with Crippen molar-refractivity contribution in [3.05, 3.63) is 50.6 Å². The summed E-state index contributed by atoms with van der Waals surface area (Å²) < 4.78 is 8.84. The summed E-state index contributed by atoms with van der Waals surface area (Å²) in [5.41, 5.74) is 2.22. The smallest absolute Gasteiger partial charge is 0.346 e. The highest BCUT2D eigenvalue weighted by Gasteiger charge is 2.11. The zero-order valence-corrected chi connectivity index (χ0v) is 14.1. The molecule has 1 aromatic carbocycles. The average Bonchev–Trinajstić information content (AvgIpc) is 2.77. The highest BCUT2D eigenvalue weighted by Crippen LogP contribution is 2.10. The number of nitrogens with zero attached hydrogens (tertiary/aromatic N) is 4. The summed E-state index contributed by atoms with van der Waals surface area (Å²) >= 11 is 3.26. The predicted molar refractivity (Wildman–Crippen MR) is 86.8 cm³/mol. The Morgan fingerprint density at radius 2 is 1.73 bits per heavy atom. The third-order valence-corrected chi connectivity index (χ3v) is 4.54. The molecule has 3 rings (SSSR count). The van der Waals surface area contributed by atoms with Gasteiger partial charge in [-0.3, -0.25) is 9.47 Å². The second-order valence-electron chi connectivity index (χ2n) is 5.47. The molecule has 22 heavy (non-hydrogen) atoms. The molecular formula is C15H19BrN4O2. The number of rotatable bonds is 4. The van der Waals surface area contributed by atoms with E-state index in [0.717, 1.165) is 38.4 Å². The van der Waals surface area contributed by atoms with Crippen molar-refractivity contribution in [3.8, 4) is 0 Å². The topological polar surface area (TPSA) is 52.3 Å². The molecule has 0 unspecified atom stereocenters. The molecule has 0 amide bonds. The number of hydrogen-bond donors (Lipinski definition) is 0. The molecule has 118 valence electrons. The summed E-state index contributed by atoms with van der Waals surface area (Å²) in [6.07, 6.45) is 0. The van der Waals surface area contributed by atoms with Crippen LogP contribution in [-0.4, -0.2) is 45.6 Å². The lowest BCUT2D eigenvalue weighted by Gasteiger charge is -2.26. The minimum absolute atomic E-state index is 0.121. The molecule has 0 bridgehead atoms. The van der Waals surface area contributed by atoms with Crippen LogP contribution >= 0.6 is 15.9 Å². The fourth-order valence-electron chi connectivity index (χ4n) is 2.51. The Hall–Kier alpha value is -1.44. The molecule has 2 aromatic rings. The lowest BCUT2D eigenvalue weighted by atomic mass is 10.1. The SMILES string of the molecule is Cn1c(Br)nn(Cc2ccc(CN3CCOCC3)cc2)c1=O. The Bertz CT molecular complexity index is 687. The largest absolute Gasteiger partial charge is 0.379 e. The van der Waals surface area contributed by atoms with Crippen LogP contribution in [0.25, 0.3) is 0 Å².